The number of hydrogen-bond donors (Lipinski definition) is 0. The highest BCUT2D eigenvalue weighted by molar-refractivity contribution is 5.69. The number of ether oxygens (including phenoxy) is 2. The molecular formula is C20H22F3N3O2. The van der Waals surface area contributed by atoms with Crippen LogP contribution in [0.3, 0.4) is 0 Å². The van der Waals surface area contributed by atoms with Crippen molar-refractivity contribution < 1.29 is 22.6 Å². The van der Waals surface area contributed by atoms with Gasteiger partial charge in [0.15, 0.2) is 5.65 Å². The van der Waals surface area contributed by atoms with Crippen LogP contribution in [0, 0.1) is 5.92 Å². The Labute approximate surface area is 161 Å². The average molecular weight is 393 g/mol. The van der Waals surface area contributed by atoms with Crippen LogP contribution < -0.4 is 9.47 Å². The highest BCUT2D eigenvalue weighted by Crippen LogP contribution is 2.33. The Morgan fingerprint density at radius 2 is 1.82 bits per heavy atom. The van der Waals surface area contributed by atoms with Gasteiger partial charge < -0.3 is 9.47 Å². The Hall–Kier alpha value is -2.77. The van der Waals surface area contributed by atoms with Crippen molar-refractivity contribution in [2.75, 3.05) is 6.61 Å². The molecule has 2 heterocycles. The summed E-state index contributed by atoms with van der Waals surface area (Å²) in [6, 6.07) is 9.33. The predicted octanol–water partition coefficient (Wildman–Crippen LogP) is 5.50. The van der Waals surface area contributed by atoms with Gasteiger partial charge in [-0.2, -0.15) is 0 Å². The zero-order valence-electron chi connectivity index (χ0n) is 15.7. The van der Waals surface area contributed by atoms with Crippen LogP contribution in [0.5, 0.6) is 11.6 Å². The fourth-order valence-corrected chi connectivity index (χ4v) is 3.04. The fraction of sp³-hybridized carbons (Fsp3) is 0.400. The molecule has 0 amide bonds. The van der Waals surface area contributed by atoms with Gasteiger partial charge in [0.2, 0.25) is 5.88 Å². The van der Waals surface area contributed by atoms with Crippen molar-refractivity contribution >= 4 is 5.65 Å². The summed E-state index contributed by atoms with van der Waals surface area (Å²) in [6.07, 6.45) is -0.212. The lowest BCUT2D eigenvalue weighted by atomic mass is 10.0. The first kappa shape index (κ1) is 20.0. The van der Waals surface area contributed by atoms with Gasteiger partial charge in [-0.3, -0.25) is 0 Å². The lowest BCUT2D eigenvalue weighted by Gasteiger charge is -2.13. The molecule has 0 aliphatic heterocycles. The van der Waals surface area contributed by atoms with E-state index < -0.39 is 6.36 Å². The molecule has 0 aliphatic carbocycles. The van der Waals surface area contributed by atoms with Crippen molar-refractivity contribution in [1.29, 1.82) is 0 Å². The van der Waals surface area contributed by atoms with E-state index in [1.807, 2.05) is 0 Å². The van der Waals surface area contributed by atoms with Gasteiger partial charge in [-0.1, -0.05) is 38.8 Å². The molecule has 0 saturated carbocycles. The minimum absolute atomic E-state index is 0.244. The van der Waals surface area contributed by atoms with Crippen molar-refractivity contribution in [3.8, 4) is 22.9 Å². The Morgan fingerprint density at radius 1 is 1.07 bits per heavy atom. The highest BCUT2D eigenvalue weighted by atomic mass is 19.4. The SMILES string of the molecule is CCC(CC)CCOc1ccc2ncc(-c3ccccc3OC(F)(F)F)n2n1. The number of rotatable bonds is 8. The molecule has 0 atom stereocenters. The molecule has 0 unspecified atom stereocenters. The molecule has 1 aromatic carbocycles. The Morgan fingerprint density at radius 3 is 2.54 bits per heavy atom. The van der Waals surface area contributed by atoms with E-state index in [0.717, 1.165) is 19.3 Å². The summed E-state index contributed by atoms with van der Waals surface area (Å²) >= 11 is 0. The fourth-order valence-electron chi connectivity index (χ4n) is 3.04. The van der Waals surface area contributed by atoms with Gasteiger partial charge in [0.25, 0.3) is 0 Å². The summed E-state index contributed by atoms with van der Waals surface area (Å²) in [6.45, 7) is 4.83. The molecule has 5 nitrogen and oxygen atoms in total. The van der Waals surface area contributed by atoms with E-state index in [1.165, 1.54) is 28.9 Å². The van der Waals surface area contributed by atoms with Crippen LogP contribution in [0.4, 0.5) is 13.2 Å². The standard InChI is InChI=1S/C20H22F3N3O2/c1-3-14(4-2)11-12-27-19-10-9-18-24-13-16(26(18)25-19)15-7-5-6-8-17(15)28-20(21,22)23/h5-10,13-14H,3-4,11-12H2,1-2H3. The second-order valence-corrected chi connectivity index (χ2v) is 6.45. The highest BCUT2D eigenvalue weighted by Gasteiger charge is 2.32. The first-order valence-corrected chi connectivity index (χ1v) is 9.24. The van der Waals surface area contributed by atoms with E-state index in [2.05, 4.69) is 28.7 Å². The minimum Gasteiger partial charge on any atom is -0.477 e. The summed E-state index contributed by atoms with van der Waals surface area (Å²) in [5.74, 6) is 0.685. The lowest BCUT2D eigenvalue weighted by Crippen LogP contribution is -2.17. The van der Waals surface area contributed by atoms with Gasteiger partial charge in [0.1, 0.15) is 5.75 Å². The molecule has 0 radical (unpaired) electrons. The maximum absolute atomic E-state index is 12.7. The zero-order valence-corrected chi connectivity index (χ0v) is 15.7. The Bertz CT molecular complexity index is 920. The van der Waals surface area contributed by atoms with Gasteiger partial charge in [0, 0.05) is 11.6 Å². The number of alkyl halides is 3. The maximum atomic E-state index is 12.7. The van der Waals surface area contributed by atoms with Crippen molar-refractivity contribution in [2.24, 2.45) is 5.92 Å². The minimum atomic E-state index is -4.78. The Balaban J connectivity index is 1.87. The van der Waals surface area contributed by atoms with Gasteiger partial charge in [-0.15, -0.1) is 18.3 Å². The van der Waals surface area contributed by atoms with Gasteiger partial charge in [0.05, 0.1) is 18.5 Å². The van der Waals surface area contributed by atoms with E-state index in [9.17, 15) is 13.2 Å². The molecule has 0 bridgehead atoms. The molecule has 0 fully saturated rings. The average Bonchev–Trinajstić information content (AvgIpc) is 3.07. The first-order valence-electron chi connectivity index (χ1n) is 9.24. The molecular weight excluding hydrogens is 371 g/mol. The van der Waals surface area contributed by atoms with Crippen molar-refractivity contribution in [3.05, 3.63) is 42.6 Å². The number of fused-ring (bicyclic) bond motifs is 1. The molecule has 0 spiro atoms. The molecule has 0 saturated heterocycles. The molecule has 150 valence electrons. The number of halogens is 3. The van der Waals surface area contributed by atoms with E-state index >= 15 is 0 Å². The molecule has 2 aromatic heterocycles. The summed E-state index contributed by atoms with van der Waals surface area (Å²) in [5.41, 5.74) is 1.14. The van der Waals surface area contributed by atoms with E-state index in [-0.39, 0.29) is 11.3 Å². The monoisotopic (exact) mass is 393 g/mol. The van der Waals surface area contributed by atoms with E-state index in [1.54, 1.807) is 18.2 Å². The first-order chi connectivity index (χ1) is 13.4. The third-order valence-electron chi connectivity index (χ3n) is 4.66. The number of para-hydroxylation sites is 1. The summed E-state index contributed by atoms with van der Waals surface area (Å²) in [7, 11) is 0. The van der Waals surface area contributed by atoms with Crippen molar-refractivity contribution in [2.45, 2.75) is 39.5 Å². The maximum Gasteiger partial charge on any atom is 0.573 e. The summed E-state index contributed by atoms with van der Waals surface area (Å²) in [5, 5.41) is 4.39. The predicted molar refractivity (Wildman–Crippen MR) is 99.3 cm³/mol. The lowest BCUT2D eigenvalue weighted by molar-refractivity contribution is -0.274. The molecule has 0 aliphatic rings. The van der Waals surface area contributed by atoms with Crippen LogP contribution in [0.1, 0.15) is 33.1 Å². The smallest absolute Gasteiger partial charge is 0.477 e. The van der Waals surface area contributed by atoms with Gasteiger partial charge >= 0.3 is 6.36 Å². The topological polar surface area (TPSA) is 48.7 Å². The number of nitrogens with zero attached hydrogens (tertiary/aromatic N) is 3. The van der Waals surface area contributed by atoms with Gasteiger partial charge in [-0.25, -0.2) is 9.50 Å². The van der Waals surface area contributed by atoms with Crippen LogP contribution in [-0.4, -0.2) is 27.6 Å². The third-order valence-corrected chi connectivity index (χ3v) is 4.66. The molecule has 0 N–H and O–H groups in total. The van der Waals surface area contributed by atoms with Crippen LogP contribution in [0.2, 0.25) is 0 Å². The molecule has 8 heteroatoms. The molecule has 3 aromatic rings. The second kappa shape index (κ2) is 8.50. The number of imidazole rings is 1. The molecule has 3 rings (SSSR count). The van der Waals surface area contributed by atoms with E-state index in [4.69, 9.17) is 4.74 Å². The van der Waals surface area contributed by atoms with Crippen LogP contribution in [0.25, 0.3) is 16.9 Å². The van der Waals surface area contributed by atoms with Crippen LogP contribution in [-0.2, 0) is 0 Å². The van der Waals surface area contributed by atoms with Crippen LogP contribution in [0.15, 0.2) is 42.6 Å². The summed E-state index contributed by atoms with van der Waals surface area (Å²) < 4.78 is 49.5. The second-order valence-electron chi connectivity index (χ2n) is 6.45. The van der Waals surface area contributed by atoms with Crippen molar-refractivity contribution in [1.82, 2.24) is 14.6 Å². The third kappa shape index (κ3) is 4.74. The Kier molecular flexibility index (Phi) is 6.06. The van der Waals surface area contributed by atoms with Crippen molar-refractivity contribution in [3.63, 3.8) is 0 Å². The normalized spacial score (nSPS) is 11.9. The van der Waals surface area contributed by atoms with Crippen LogP contribution >= 0.6 is 0 Å². The van der Waals surface area contributed by atoms with Gasteiger partial charge in [-0.05, 0) is 30.5 Å². The van der Waals surface area contributed by atoms with E-state index in [0.29, 0.717) is 29.7 Å². The molecule has 28 heavy (non-hydrogen) atoms. The quantitative estimate of drug-likeness (QED) is 0.507. The number of aromatic nitrogens is 3. The summed E-state index contributed by atoms with van der Waals surface area (Å²) in [4.78, 5) is 4.22. The zero-order chi connectivity index (χ0) is 20.1. The largest absolute Gasteiger partial charge is 0.573 e. The number of benzene rings is 1. The number of hydrogen-bond acceptors (Lipinski definition) is 4.